The molecule has 0 aliphatic carbocycles. The summed E-state index contributed by atoms with van der Waals surface area (Å²) < 4.78 is 24.5. The molecule has 1 saturated heterocycles. The number of fused-ring (bicyclic) bond motifs is 2. The molecule has 8 nitrogen and oxygen atoms in total. The second-order valence-corrected chi connectivity index (χ2v) is 9.62. The Bertz CT molecular complexity index is 1260. The Labute approximate surface area is 201 Å². The van der Waals surface area contributed by atoms with Gasteiger partial charge in [-0.3, -0.25) is 9.78 Å². The van der Waals surface area contributed by atoms with Crippen LogP contribution in [0.1, 0.15) is 40.7 Å². The van der Waals surface area contributed by atoms with Crippen molar-refractivity contribution in [1.82, 2.24) is 9.88 Å². The van der Waals surface area contributed by atoms with Crippen molar-refractivity contribution in [2.75, 3.05) is 24.4 Å². The number of benzene rings is 2. The third kappa shape index (κ3) is 4.41. The number of carbonyl (C=O) groups excluding carboxylic acids is 1. The largest absolute Gasteiger partial charge is 0.566 e. The van der Waals surface area contributed by atoms with E-state index in [4.69, 9.17) is 10.5 Å². The van der Waals surface area contributed by atoms with Crippen molar-refractivity contribution in [3.05, 3.63) is 65.4 Å². The molecular formula is C25H27N5O3S. The molecule has 2 aliphatic heterocycles. The molecule has 1 amide bonds. The molecule has 176 valence electrons. The van der Waals surface area contributed by atoms with Crippen LogP contribution in [0.25, 0.3) is 10.9 Å². The van der Waals surface area contributed by atoms with Gasteiger partial charge in [0.15, 0.2) is 5.84 Å². The summed E-state index contributed by atoms with van der Waals surface area (Å²) in [5, 5.41) is 0.903. The van der Waals surface area contributed by atoms with E-state index in [1.54, 1.807) is 12.3 Å². The number of aromatic nitrogens is 1. The fourth-order valence-electron chi connectivity index (χ4n) is 4.76. The van der Waals surface area contributed by atoms with Gasteiger partial charge in [0.25, 0.3) is 5.91 Å². The van der Waals surface area contributed by atoms with E-state index >= 15 is 0 Å². The van der Waals surface area contributed by atoms with E-state index < -0.39 is 11.5 Å². The highest BCUT2D eigenvalue weighted by Gasteiger charge is 2.28. The van der Waals surface area contributed by atoms with Gasteiger partial charge in [-0.15, -0.1) is 0 Å². The van der Waals surface area contributed by atoms with E-state index in [-0.39, 0.29) is 11.7 Å². The van der Waals surface area contributed by atoms with Crippen molar-refractivity contribution < 1.29 is 14.1 Å². The number of ether oxygens (including phenoxy) is 1. The molecule has 3 heterocycles. The van der Waals surface area contributed by atoms with Gasteiger partial charge in [0.1, 0.15) is 5.75 Å². The van der Waals surface area contributed by atoms with Crippen LogP contribution in [0, 0.1) is 12.8 Å². The monoisotopic (exact) mass is 477 g/mol. The standard InChI is InChI=1S/C25H27N5O3S/c1-16-14-27-19-8-3-2-7-18(19)22(16)25(31)30-12-5-6-17(15-30)11-13-33-21-10-4-9-20-23(21)24(26)29-34(32)28-20/h2-4,7-10,14,17,28H,5-6,11-13,15H2,1H3,(H2,26,29)/t17-,34?/m1/s1. The molecule has 9 heteroatoms. The molecule has 2 aromatic carbocycles. The van der Waals surface area contributed by atoms with Gasteiger partial charge in [-0.2, -0.15) is 4.72 Å². The Kier molecular flexibility index (Phi) is 6.30. The number of nitrogens with two attached hydrogens (primary N) is 1. The maximum absolute atomic E-state index is 13.5. The van der Waals surface area contributed by atoms with Crippen molar-refractivity contribution in [1.29, 1.82) is 0 Å². The van der Waals surface area contributed by atoms with E-state index in [2.05, 4.69) is 14.1 Å². The van der Waals surface area contributed by atoms with Crippen LogP contribution in [-0.4, -0.2) is 45.9 Å². The summed E-state index contributed by atoms with van der Waals surface area (Å²) in [5.74, 6) is 1.24. The zero-order chi connectivity index (χ0) is 23.7. The average molecular weight is 478 g/mol. The second kappa shape index (κ2) is 9.52. The number of nitrogens with one attached hydrogen (secondary N) is 1. The molecular weight excluding hydrogens is 450 g/mol. The summed E-state index contributed by atoms with van der Waals surface area (Å²) in [4.78, 5) is 19.9. The third-order valence-corrected chi connectivity index (χ3v) is 7.19. The summed E-state index contributed by atoms with van der Waals surface area (Å²) in [6, 6.07) is 13.3. The van der Waals surface area contributed by atoms with Gasteiger partial charge in [0, 0.05) is 24.7 Å². The fourth-order valence-corrected chi connectivity index (χ4v) is 5.43. The molecule has 0 saturated carbocycles. The van der Waals surface area contributed by atoms with E-state index in [1.807, 2.05) is 48.2 Å². The molecule has 0 radical (unpaired) electrons. The number of nitrogens with zero attached hydrogens (tertiary/aromatic N) is 3. The van der Waals surface area contributed by atoms with Crippen molar-refractivity contribution in [3.8, 4) is 5.75 Å². The summed E-state index contributed by atoms with van der Waals surface area (Å²) in [7, 11) is 0. The first-order chi connectivity index (χ1) is 16.5. The van der Waals surface area contributed by atoms with E-state index in [9.17, 15) is 9.35 Å². The fraction of sp³-hybridized carbons (Fsp3) is 0.320. The molecule has 2 aliphatic rings. The number of para-hydroxylation sites is 1. The smallest absolute Gasteiger partial charge is 0.254 e. The predicted molar refractivity (Wildman–Crippen MR) is 134 cm³/mol. The van der Waals surface area contributed by atoms with Crippen LogP contribution in [0.5, 0.6) is 5.75 Å². The molecule has 0 spiro atoms. The number of hydrogen-bond acceptors (Lipinski definition) is 7. The SMILES string of the molecule is Cc1cnc2ccccc2c1C(=O)N1CCC[C@H](CCOc2cccc3c2C(N)=N[S+]([O-])N3)C1. The van der Waals surface area contributed by atoms with E-state index in [1.165, 1.54) is 0 Å². The topological polar surface area (TPSA) is 116 Å². The number of amides is 1. The number of likely N-dealkylation sites (tertiary alicyclic amines) is 1. The number of piperidine rings is 1. The quantitative estimate of drug-likeness (QED) is 0.543. The molecule has 2 atom stereocenters. The summed E-state index contributed by atoms with van der Waals surface area (Å²) in [6.45, 7) is 3.90. The molecule has 3 N–H and O–H groups in total. The molecule has 3 aromatic rings. The third-order valence-electron chi connectivity index (χ3n) is 6.43. The zero-order valence-electron chi connectivity index (χ0n) is 19.0. The first-order valence-corrected chi connectivity index (χ1v) is 12.5. The number of pyridine rings is 1. The van der Waals surface area contributed by atoms with Crippen LogP contribution in [0.2, 0.25) is 0 Å². The Morgan fingerprint density at radius 2 is 2.15 bits per heavy atom. The van der Waals surface area contributed by atoms with E-state index in [0.29, 0.717) is 36.1 Å². The van der Waals surface area contributed by atoms with Gasteiger partial charge in [-0.1, -0.05) is 24.3 Å². The summed E-state index contributed by atoms with van der Waals surface area (Å²) >= 11 is -1.57. The van der Waals surface area contributed by atoms with Crippen molar-refractivity contribution in [3.63, 3.8) is 0 Å². The minimum absolute atomic E-state index is 0.0712. The lowest BCUT2D eigenvalue weighted by Gasteiger charge is -2.33. The van der Waals surface area contributed by atoms with Gasteiger partial charge in [-0.25, -0.2) is 0 Å². The number of hydrogen-bond donors (Lipinski definition) is 2. The van der Waals surface area contributed by atoms with E-state index in [0.717, 1.165) is 47.8 Å². The summed E-state index contributed by atoms with van der Waals surface area (Å²) in [6.07, 6.45) is 4.62. The molecule has 1 unspecified atom stereocenters. The summed E-state index contributed by atoms with van der Waals surface area (Å²) in [5.41, 5.74) is 9.78. The number of rotatable bonds is 5. The second-order valence-electron chi connectivity index (χ2n) is 8.74. The maximum atomic E-state index is 13.5. The highest BCUT2D eigenvalue weighted by Crippen LogP contribution is 2.31. The van der Waals surface area contributed by atoms with Crippen molar-refractivity contribution >= 4 is 39.9 Å². The van der Waals surface area contributed by atoms with Crippen molar-refractivity contribution in [2.45, 2.75) is 26.2 Å². The molecule has 0 bridgehead atoms. The van der Waals surface area contributed by atoms with Crippen LogP contribution in [0.15, 0.2) is 53.1 Å². The van der Waals surface area contributed by atoms with Crippen LogP contribution >= 0.6 is 0 Å². The van der Waals surface area contributed by atoms with Crippen LogP contribution in [-0.2, 0) is 11.5 Å². The molecule has 5 rings (SSSR count). The molecule has 34 heavy (non-hydrogen) atoms. The van der Waals surface area contributed by atoms with Gasteiger partial charge in [0.2, 0.25) is 11.5 Å². The Balaban J connectivity index is 1.25. The lowest BCUT2D eigenvalue weighted by molar-refractivity contribution is 0.0658. The first kappa shape index (κ1) is 22.5. The zero-order valence-corrected chi connectivity index (χ0v) is 19.8. The minimum atomic E-state index is -1.57. The van der Waals surface area contributed by atoms with Crippen LogP contribution < -0.4 is 15.2 Å². The molecule has 1 fully saturated rings. The number of amidine groups is 1. The van der Waals surface area contributed by atoms with Gasteiger partial charge in [0.05, 0.1) is 28.9 Å². The maximum Gasteiger partial charge on any atom is 0.254 e. The Morgan fingerprint density at radius 3 is 3.03 bits per heavy atom. The van der Waals surface area contributed by atoms with Gasteiger partial charge in [-0.05, 0) is 60.3 Å². The normalized spacial score (nSPS) is 19.8. The highest BCUT2D eigenvalue weighted by molar-refractivity contribution is 7.91. The lowest BCUT2D eigenvalue weighted by atomic mass is 9.94. The minimum Gasteiger partial charge on any atom is -0.566 e. The van der Waals surface area contributed by atoms with Crippen molar-refractivity contribution in [2.24, 2.45) is 16.0 Å². The van der Waals surface area contributed by atoms with Crippen LogP contribution in [0.4, 0.5) is 5.69 Å². The Morgan fingerprint density at radius 1 is 1.29 bits per heavy atom. The first-order valence-electron chi connectivity index (χ1n) is 11.4. The number of aryl methyl sites for hydroxylation is 1. The molecule has 1 aromatic heterocycles. The van der Waals surface area contributed by atoms with Crippen LogP contribution in [0.3, 0.4) is 0 Å². The highest BCUT2D eigenvalue weighted by atomic mass is 32.2. The lowest BCUT2D eigenvalue weighted by Crippen LogP contribution is -2.40. The average Bonchev–Trinajstić information content (AvgIpc) is 2.83. The number of anilines is 1. The predicted octanol–water partition coefficient (Wildman–Crippen LogP) is 3.57. The number of carbonyl (C=O) groups is 1. The van der Waals surface area contributed by atoms with Gasteiger partial charge < -0.3 is 19.9 Å². The Hall–Kier alpha value is -3.30. The van der Waals surface area contributed by atoms with Gasteiger partial charge >= 0.3 is 0 Å².